The van der Waals surface area contributed by atoms with E-state index in [2.05, 4.69) is 0 Å². The molecule has 0 atom stereocenters. The molecule has 150 valence electrons. The molecule has 0 amide bonds. The molecule has 29 heavy (non-hydrogen) atoms. The molecular weight excluding hydrogens is 394 g/mol. The number of rotatable bonds is 4. The van der Waals surface area contributed by atoms with Crippen molar-refractivity contribution in [2.75, 3.05) is 14.1 Å². The number of benzene rings is 2. The first-order valence-corrected chi connectivity index (χ1v) is 10.5. The third-order valence-electron chi connectivity index (χ3n) is 5.02. The monoisotopic (exact) mass is 413 g/mol. The Kier molecular flexibility index (Phi) is 4.76. The van der Waals surface area contributed by atoms with Gasteiger partial charge in [-0.25, -0.2) is 22.3 Å². The predicted molar refractivity (Wildman–Crippen MR) is 107 cm³/mol. The van der Waals surface area contributed by atoms with Crippen molar-refractivity contribution >= 4 is 27.0 Å². The van der Waals surface area contributed by atoms with Gasteiger partial charge in [-0.3, -0.25) is 0 Å². The maximum atomic E-state index is 12.4. The topological polar surface area (TPSA) is 93.9 Å². The van der Waals surface area contributed by atoms with Gasteiger partial charge in [-0.2, -0.15) is 0 Å². The van der Waals surface area contributed by atoms with E-state index in [1.165, 1.54) is 44.4 Å². The number of carbonyl (C=O) groups excluding carboxylic acids is 1. The maximum absolute atomic E-state index is 12.4. The standard InChI is InChI=1S/C21H19NO6S/c1-22(2)29(25,26)15-9-6-13(7-10-15)20(23)27-14-8-11-17-16-4-3-5-18(16)21(24)28-19(17)12-14/h6-12H,3-5H2,1-2H3. The van der Waals surface area contributed by atoms with Crippen LogP contribution in [0.1, 0.15) is 27.9 Å². The number of nitrogens with zero attached hydrogens (tertiary/aromatic N) is 1. The first kappa shape index (κ1) is 19.4. The lowest BCUT2D eigenvalue weighted by atomic mass is 10.1. The van der Waals surface area contributed by atoms with Crippen LogP contribution in [0, 0.1) is 0 Å². The summed E-state index contributed by atoms with van der Waals surface area (Å²) in [5, 5.41) is 0.857. The molecule has 3 aromatic rings. The lowest BCUT2D eigenvalue weighted by Crippen LogP contribution is -2.22. The van der Waals surface area contributed by atoms with Gasteiger partial charge >= 0.3 is 11.6 Å². The van der Waals surface area contributed by atoms with E-state index in [4.69, 9.17) is 9.15 Å². The molecule has 0 radical (unpaired) electrons. The minimum Gasteiger partial charge on any atom is -0.423 e. The van der Waals surface area contributed by atoms with Crippen LogP contribution in [0.25, 0.3) is 11.0 Å². The summed E-state index contributed by atoms with van der Waals surface area (Å²) in [6.07, 6.45) is 2.48. The van der Waals surface area contributed by atoms with Crippen molar-refractivity contribution in [1.82, 2.24) is 4.31 Å². The van der Waals surface area contributed by atoms with E-state index in [1.807, 2.05) is 0 Å². The Balaban J connectivity index is 1.59. The third-order valence-corrected chi connectivity index (χ3v) is 6.85. The fraction of sp³-hybridized carbons (Fsp3) is 0.238. The summed E-state index contributed by atoms with van der Waals surface area (Å²) in [5.41, 5.74) is 1.99. The number of hydrogen-bond donors (Lipinski definition) is 0. The van der Waals surface area contributed by atoms with Gasteiger partial charge in [0.25, 0.3) is 0 Å². The molecule has 8 heteroatoms. The second-order valence-corrected chi connectivity index (χ2v) is 9.21. The van der Waals surface area contributed by atoms with Crippen LogP contribution in [0.4, 0.5) is 0 Å². The highest BCUT2D eigenvalue weighted by atomic mass is 32.2. The zero-order valence-corrected chi connectivity index (χ0v) is 16.8. The number of carbonyl (C=O) groups is 1. The average Bonchev–Trinajstić information content (AvgIpc) is 3.18. The zero-order valence-electron chi connectivity index (χ0n) is 16.0. The normalized spacial score (nSPS) is 13.6. The number of sulfonamides is 1. The third kappa shape index (κ3) is 3.45. The van der Waals surface area contributed by atoms with Gasteiger partial charge in [-0.15, -0.1) is 0 Å². The number of fused-ring (bicyclic) bond motifs is 3. The Bertz CT molecular complexity index is 1270. The second-order valence-electron chi connectivity index (χ2n) is 7.06. The van der Waals surface area contributed by atoms with Crippen LogP contribution in [-0.2, 0) is 22.9 Å². The molecule has 7 nitrogen and oxygen atoms in total. The van der Waals surface area contributed by atoms with E-state index >= 15 is 0 Å². The number of esters is 1. The van der Waals surface area contributed by atoms with Crippen LogP contribution >= 0.6 is 0 Å². The summed E-state index contributed by atoms with van der Waals surface area (Å²) in [4.78, 5) is 24.6. The fourth-order valence-corrected chi connectivity index (χ4v) is 4.37. The fourth-order valence-electron chi connectivity index (χ4n) is 3.47. The summed E-state index contributed by atoms with van der Waals surface area (Å²) in [6.45, 7) is 0. The lowest BCUT2D eigenvalue weighted by molar-refractivity contribution is 0.0735. The highest BCUT2D eigenvalue weighted by Crippen LogP contribution is 2.30. The molecule has 2 aromatic carbocycles. The molecule has 1 aliphatic carbocycles. The van der Waals surface area contributed by atoms with Gasteiger partial charge in [0.15, 0.2) is 0 Å². The molecule has 0 N–H and O–H groups in total. The van der Waals surface area contributed by atoms with Gasteiger partial charge in [0, 0.05) is 31.1 Å². The van der Waals surface area contributed by atoms with Crippen molar-refractivity contribution in [3.63, 3.8) is 0 Å². The van der Waals surface area contributed by atoms with Gasteiger partial charge < -0.3 is 9.15 Å². The van der Waals surface area contributed by atoms with Crippen LogP contribution < -0.4 is 10.4 Å². The summed E-state index contributed by atoms with van der Waals surface area (Å²) in [7, 11) is -0.702. The highest BCUT2D eigenvalue weighted by molar-refractivity contribution is 7.89. The van der Waals surface area contributed by atoms with E-state index in [0.717, 1.165) is 40.1 Å². The molecule has 0 bridgehead atoms. The predicted octanol–water partition coefficient (Wildman–Crippen LogP) is 2.75. The van der Waals surface area contributed by atoms with Crippen molar-refractivity contribution in [1.29, 1.82) is 0 Å². The molecule has 0 fully saturated rings. The molecular formula is C21H19NO6S. The number of aryl methyl sites for hydroxylation is 1. The Morgan fingerprint density at radius 1 is 1.03 bits per heavy atom. The van der Waals surface area contributed by atoms with E-state index < -0.39 is 16.0 Å². The Morgan fingerprint density at radius 3 is 2.41 bits per heavy atom. The lowest BCUT2D eigenvalue weighted by Gasteiger charge is -2.11. The molecule has 1 heterocycles. The highest BCUT2D eigenvalue weighted by Gasteiger charge is 2.21. The van der Waals surface area contributed by atoms with Gasteiger partial charge in [0.2, 0.25) is 10.0 Å². The van der Waals surface area contributed by atoms with E-state index in [0.29, 0.717) is 5.58 Å². The molecule has 0 saturated heterocycles. The Hall–Kier alpha value is -2.97. The molecule has 0 aliphatic heterocycles. The minimum absolute atomic E-state index is 0.0837. The van der Waals surface area contributed by atoms with Gasteiger partial charge in [0.1, 0.15) is 11.3 Å². The van der Waals surface area contributed by atoms with E-state index in [1.54, 1.807) is 12.1 Å². The van der Waals surface area contributed by atoms with Crippen LogP contribution in [0.5, 0.6) is 5.75 Å². The van der Waals surface area contributed by atoms with E-state index in [-0.39, 0.29) is 21.8 Å². The van der Waals surface area contributed by atoms with E-state index in [9.17, 15) is 18.0 Å². The first-order valence-electron chi connectivity index (χ1n) is 9.11. The largest absolute Gasteiger partial charge is 0.423 e. The Labute approximate surface area is 167 Å². The van der Waals surface area contributed by atoms with Crippen LogP contribution in [0.2, 0.25) is 0 Å². The molecule has 0 unspecified atom stereocenters. The zero-order chi connectivity index (χ0) is 20.8. The van der Waals surface area contributed by atoms with Crippen LogP contribution in [0.3, 0.4) is 0 Å². The molecule has 1 aromatic heterocycles. The van der Waals surface area contributed by atoms with Gasteiger partial charge in [-0.1, -0.05) is 0 Å². The van der Waals surface area contributed by atoms with Crippen LogP contribution in [0.15, 0.2) is 56.6 Å². The number of hydrogen-bond acceptors (Lipinski definition) is 6. The van der Waals surface area contributed by atoms with Crippen molar-refractivity contribution in [2.24, 2.45) is 0 Å². The minimum atomic E-state index is -3.57. The average molecular weight is 413 g/mol. The quantitative estimate of drug-likeness (QED) is 0.371. The maximum Gasteiger partial charge on any atom is 0.343 e. The molecule has 4 rings (SSSR count). The summed E-state index contributed by atoms with van der Waals surface area (Å²) in [6, 6.07) is 10.5. The number of ether oxygens (including phenoxy) is 1. The molecule has 1 aliphatic rings. The van der Waals surface area contributed by atoms with Gasteiger partial charge in [0.05, 0.1) is 10.5 Å². The summed E-state index contributed by atoms with van der Waals surface area (Å²) in [5.74, 6) is -0.393. The summed E-state index contributed by atoms with van der Waals surface area (Å²) >= 11 is 0. The van der Waals surface area contributed by atoms with Gasteiger partial charge in [-0.05, 0) is 61.2 Å². The smallest absolute Gasteiger partial charge is 0.343 e. The van der Waals surface area contributed by atoms with Crippen molar-refractivity contribution in [3.8, 4) is 5.75 Å². The van der Waals surface area contributed by atoms with Crippen LogP contribution in [-0.4, -0.2) is 32.8 Å². The Morgan fingerprint density at radius 2 is 1.72 bits per heavy atom. The first-order chi connectivity index (χ1) is 13.8. The molecule has 0 spiro atoms. The van der Waals surface area contributed by atoms with Crippen molar-refractivity contribution in [2.45, 2.75) is 24.2 Å². The second kappa shape index (κ2) is 7.13. The SMILES string of the molecule is CN(C)S(=O)(=O)c1ccc(C(=O)Oc2ccc3c4c(c(=O)oc3c2)CCC4)cc1. The van der Waals surface area contributed by atoms with Crippen molar-refractivity contribution < 1.29 is 22.4 Å². The molecule has 0 saturated carbocycles. The summed E-state index contributed by atoms with van der Waals surface area (Å²) < 4.78 is 36.1. The van der Waals surface area contributed by atoms with Crippen molar-refractivity contribution in [3.05, 3.63) is 69.6 Å².